The average Bonchev–Trinajstić information content (AvgIpc) is 3.26. The third kappa shape index (κ3) is 3.98. The quantitative estimate of drug-likeness (QED) is 0.564. The molecule has 4 rings (SSSR count). The Labute approximate surface area is 189 Å². The Morgan fingerprint density at radius 2 is 1.72 bits per heavy atom. The van der Waals surface area contributed by atoms with E-state index in [1.807, 2.05) is 45.0 Å². The Bertz CT molecular complexity index is 998. The lowest BCUT2D eigenvalue weighted by molar-refractivity contribution is -0.151. The molecule has 6 nitrogen and oxygen atoms in total. The maximum atomic E-state index is 13.7. The monoisotopic (exact) mass is 437 g/mol. The van der Waals surface area contributed by atoms with Gasteiger partial charge in [-0.25, -0.2) is 4.79 Å². The van der Waals surface area contributed by atoms with Crippen LogP contribution in [0.3, 0.4) is 0 Å². The summed E-state index contributed by atoms with van der Waals surface area (Å²) in [6, 6.07) is 7.84. The number of hydrogen-bond acceptors (Lipinski definition) is 6. The van der Waals surface area contributed by atoms with E-state index in [0.717, 1.165) is 42.5 Å². The fraction of sp³-hybridized carbons (Fsp3) is 0.500. The van der Waals surface area contributed by atoms with E-state index in [0.29, 0.717) is 23.3 Å². The Morgan fingerprint density at radius 3 is 2.34 bits per heavy atom. The number of rotatable bonds is 4. The van der Waals surface area contributed by atoms with Crippen molar-refractivity contribution >= 4 is 17.7 Å². The maximum Gasteiger partial charge on any atom is 0.337 e. The van der Waals surface area contributed by atoms with Crippen LogP contribution in [0.4, 0.5) is 0 Å². The fourth-order valence-electron chi connectivity index (χ4n) is 5.26. The molecular formula is C26H31NO5. The predicted molar refractivity (Wildman–Crippen MR) is 119 cm³/mol. The van der Waals surface area contributed by atoms with Crippen molar-refractivity contribution in [1.82, 2.24) is 5.32 Å². The number of benzene rings is 1. The zero-order valence-electron chi connectivity index (χ0n) is 19.2. The van der Waals surface area contributed by atoms with Crippen LogP contribution in [0.5, 0.6) is 0 Å². The molecular weight excluding hydrogens is 406 g/mol. The highest BCUT2D eigenvalue weighted by Crippen LogP contribution is 2.45. The number of nitrogens with one attached hydrogen (secondary N) is 1. The zero-order valence-corrected chi connectivity index (χ0v) is 19.2. The lowest BCUT2D eigenvalue weighted by Crippen LogP contribution is -2.43. The SMILES string of the molecule is COC(=O)[C@@H]1C(=O)C2=C(C[C@H]1C)NC(C)=C(C(=O)OC1CCCC1)[C@H]2c1ccc(C)cc1. The van der Waals surface area contributed by atoms with Crippen molar-refractivity contribution in [2.45, 2.75) is 64.9 Å². The number of methoxy groups -OCH3 is 1. The van der Waals surface area contributed by atoms with Gasteiger partial charge in [0.1, 0.15) is 12.0 Å². The van der Waals surface area contributed by atoms with Gasteiger partial charge in [0, 0.05) is 22.9 Å². The molecule has 0 radical (unpaired) electrons. The molecule has 0 amide bonds. The van der Waals surface area contributed by atoms with Gasteiger partial charge in [-0.15, -0.1) is 0 Å². The number of carbonyl (C=O) groups excluding carboxylic acids is 3. The van der Waals surface area contributed by atoms with Gasteiger partial charge in [-0.1, -0.05) is 36.8 Å². The molecule has 32 heavy (non-hydrogen) atoms. The molecule has 1 heterocycles. The molecule has 0 bridgehead atoms. The molecule has 1 aromatic rings. The molecule has 1 fully saturated rings. The second-order valence-corrected chi connectivity index (χ2v) is 9.26. The number of esters is 2. The molecule has 1 aliphatic heterocycles. The molecule has 0 aromatic heterocycles. The van der Waals surface area contributed by atoms with Gasteiger partial charge < -0.3 is 14.8 Å². The van der Waals surface area contributed by atoms with Crippen LogP contribution in [0.15, 0.2) is 46.8 Å². The van der Waals surface area contributed by atoms with Crippen molar-refractivity contribution in [3.63, 3.8) is 0 Å². The standard InChI is InChI=1S/C26H31NO5/c1-14-9-11-17(12-10-14)22-21(26(30)32-18-7-5-6-8-18)16(3)27-19-13-15(2)20(25(29)31-4)24(28)23(19)22/h9-12,15,18,20,22,27H,5-8,13H2,1-4H3/t15-,20+,22-/m1/s1. The zero-order chi connectivity index (χ0) is 23.0. The van der Waals surface area contributed by atoms with E-state index >= 15 is 0 Å². The van der Waals surface area contributed by atoms with Crippen LogP contribution in [0.2, 0.25) is 0 Å². The Hall–Kier alpha value is -2.89. The van der Waals surface area contributed by atoms with Crippen LogP contribution in [0.25, 0.3) is 0 Å². The molecule has 3 aliphatic rings. The number of dihydropyridines is 1. The minimum atomic E-state index is -0.876. The van der Waals surface area contributed by atoms with Crippen LogP contribution in [0.1, 0.15) is 63.0 Å². The summed E-state index contributed by atoms with van der Waals surface area (Å²) >= 11 is 0. The number of carbonyl (C=O) groups is 3. The van der Waals surface area contributed by atoms with Gasteiger partial charge in [-0.3, -0.25) is 9.59 Å². The average molecular weight is 438 g/mol. The third-order valence-electron chi connectivity index (χ3n) is 6.95. The second-order valence-electron chi connectivity index (χ2n) is 9.26. The van der Waals surface area contributed by atoms with Crippen molar-refractivity contribution in [3.8, 4) is 0 Å². The van der Waals surface area contributed by atoms with Crippen molar-refractivity contribution in [3.05, 3.63) is 57.9 Å². The topological polar surface area (TPSA) is 81.7 Å². The lowest BCUT2D eigenvalue weighted by Gasteiger charge is -2.38. The number of allylic oxidation sites excluding steroid dienone is 3. The van der Waals surface area contributed by atoms with Gasteiger partial charge in [-0.05, 0) is 57.4 Å². The van der Waals surface area contributed by atoms with E-state index in [4.69, 9.17) is 9.47 Å². The molecule has 1 N–H and O–H groups in total. The third-order valence-corrected chi connectivity index (χ3v) is 6.95. The molecule has 0 spiro atoms. The minimum absolute atomic E-state index is 0.0817. The fourth-order valence-corrected chi connectivity index (χ4v) is 5.26. The molecule has 0 saturated heterocycles. The first-order chi connectivity index (χ1) is 15.3. The smallest absolute Gasteiger partial charge is 0.337 e. The van der Waals surface area contributed by atoms with Gasteiger partial charge in [0.05, 0.1) is 12.7 Å². The summed E-state index contributed by atoms with van der Waals surface area (Å²) < 4.78 is 10.8. The first-order valence-corrected chi connectivity index (χ1v) is 11.4. The van der Waals surface area contributed by atoms with Crippen molar-refractivity contribution in [1.29, 1.82) is 0 Å². The summed E-state index contributed by atoms with van der Waals surface area (Å²) in [5.74, 6) is -2.84. The number of aryl methyl sites for hydroxylation is 1. The van der Waals surface area contributed by atoms with Gasteiger partial charge in [-0.2, -0.15) is 0 Å². The van der Waals surface area contributed by atoms with Gasteiger partial charge in [0.2, 0.25) is 0 Å². The maximum absolute atomic E-state index is 13.7. The highest BCUT2D eigenvalue weighted by Gasteiger charge is 2.47. The van der Waals surface area contributed by atoms with E-state index in [9.17, 15) is 14.4 Å². The van der Waals surface area contributed by atoms with Crippen LogP contribution >= 0.6 is 0 Å². The van der Waals surface area contributed by atoms with E-state index in [2.05, 4.69) is 5.32 Å². The van der Waals surface area contributed by atoms with Crippen molar-refractivity contribution in [2.24, 2.45) is 11.8 Å². The summed E-state index contributed by atoms with van der Waals surface area (Å²) in [5, 5.41) is 3.31. The second kappa shape index (κ2) is 8.93. The first kappa shape index (κ1) is 22.3. The molecule has 2 aliphatic carbocycles. The Balaban J connectivity index is 1.79. The molecule has 1 saturated carbocycles. The van der Waals surface area contributed by atoms with Crippen LogP contribution in [-0.4, -0.2) is 30.9 Å². The summed E-state index contributed by atoms with van der Waals surface area (Å²) in [6.45, 7) is 5.74. The normalized spacial score (nSPS) is 26.0. The largest absolute Gasteiger partial charge is 0.468 e. The van der Waals surface area contributed by atoms with E-state index < -0.39 is 17.8 Å². The number of hydrogen-bond donors (Lipinski definition) is 1. The molecule has 170 valence electrons. The summed E-state index contributed by atoms with van der Waals surface area (Å²) in [6.07, 6.45) is 4.31. The summed E-state index contributed by atoms with van der Waals surface area (Å²) in [5.41, 5.74) is 4.34. The molecule has 6 heteroatoms. The Kier molecular flexibility index (Phi) is 6.22. The van der Waals surface area contributed by atoms with E-state index in [1.54, 1.807) is 0 Å². The molecule has 0 unspecified atom stereocenters. The van der Waals surface area contributed by atoms with Gasteiger partial charge >= 0.3 is 11.9 Å². The molecule has 3 atom stereocenters. The molecule has 1 aromatic carbocycles. The van der Waals surface area contributed by atoms with E-state index in [-0.39, 0.29) is 23.8 Å². The van der Waals surface area contributed by atoms with Crippen LogP contribution in [0, 0.1) is 18.8 Å². The number of Topliss-reactive ketones (excluding diaryl/α,β-unsaturated/α-hetero) is 1. The highest BCUT2D eigenvalue weighted by molar-refractivity contribution is 6.12. The lowest BCUT2D eigenvalue weighted by atomic mass is 9.69. The van der Waals surface area contributed by atoms with Crippen LogP contribution < -0.4 is 5.32 Å². The van der Waals surface area contributed by atoms with E-state index in [1.165, 1.54) is 7.11 Å². The van der Waals surface area contributed by atoms with Gasteiger partial charge in [0.15, 0.2) is 5.78 Å². The van der Waals surface area contributed by atoms with Gasteiger partial charge in [0.25, 0.3) is 0 Å². The number of ether oxygens (including phenoxy) is 2. The minimum Gasteiger partial charge on any atom is -0.468 e. The highest BCUT2D eigenvalue weighted by atomic mass is 16.5. The Morgan fingerprint density at radius 1 is 1.06 bits per heavy atom. The summed E-state index contributed by atoms with van der Waals surface area (Å²) in [4.78, 5) is 39.5. The first-order valence-electron chi connectivity index (χ1n) is 11.4. The van der Waals surface area contributed by atoms with Crippen molar-refractivity contribution in [2.75, 3.05) is 7.11 Å². The predicted octanol–water partition coefficient (Wildman–Crippen LogP) is 4.09. The van der Waals surface area contributed by atoms with Crippen LogP contribution in [-0.2, 0) is 23.9 Å². The van der Waals surface area contributed by atoms with Crippen molar-refractivity contribution < 1.29 is 23.9 Å². The number of ketones is 1. The summed E-state index contributed by atoms with van der Waals surface area (Å²) in [7, 11) is 1.30.